The van der Waals surface area contributed by atoms with Crippen LogP contribution in [0.25, 0.3) is 0 Å². The molecule has 0 saturated heterocycles. The van der Waals surface area contributed by atoms with Gasteiger partial charge in [0.25, 0.3) is 0 Å². The fraction of sp³-hybridized carbons (Fsp3) is 0. The second-order valence-corrected chi connectivity index (χ2v) is 5.02. The van der Waals surface area contributed by atoms with Gasteiger partial charge in [0.1, 0.15) is 11.4 Å². The molecule has 94 valence electrons. The third-order valence-electron chi connectivity index (χ3n) is 2.00. The van der Waals surface area contributed by atoms with Gasteiger partial charge in [-0.05, 0) is 34.1 Å². The highest BCUT2D eigenvalue weighted by Gasteiger charge is 2.10. The van der Waals surface area contributed by atoms with Crippen LogP contribution in [0.3, 0.4) is 0 Å². The summed E-state index contributed by atoms with van der Waals surface area (Å²) in [5.74, 6) is 3.90. The molecule has 0 fully saturated rings. The number of nitrogens with two attached hydrogens (primary N) is 1. The zero-order valence-corrected chi connectivity index (χ0v) is 11.2. The van der Waals surface area contributed by atoms with Crippen molar-refractivity contribution in [1.29, 1.82) is 0 Å². The van der Waals surface area contributed by atoms with Crippen LogP contribution in [0.1, 0.15) is 0 Å². The molecular formula is C10H7BrF2N4S. The van der Waals surface area contributed by atoms with E-state index in [0.717, 1.165) is 12.1 Å². The van der Waals surface area contributed by atoms with E-state index in [1.807, 2.05) is 0 Å². The minimum absolute atomic E-state index is 0.412. The van der Waals surface area contributed by atoms with E-state index in [9.17, 15) is 8.78 Å². The molecule has 0 amide bonds. The molecule has 0 bridgehead atoms. The van der Waals surface area contributed by atoms with Crippen molar-refractivity contribution in [3.63, 3.8) is 0 Å². The Balaban J connectivity index is 2.31. The lowest BCUT2D eigenvalue weighted by molar-refractivity contribution is 0.506. The van der Waals surface area contributed by atoms with Gasteiger partial charge in [0.15, 0.2) is 17.5 Å². The molecule has 3 N–H and O–H groups in total. The summed E-state index contributed by atoms with van der Waals surface area (Å²) in [7, 11) is 0. The first-order valence-corrected chi connectivity index (χ1v) is 6.33. The van der Waals surface area contributed by atoms with Crippen LogP contribution in [0.15, 0.2) is 38.9 Å². The molecule has 8 heteroatoms. The molecule has 0 atom stereocenters. The van der Waals surface area contributed by atoms with Crippen LogP contribution >= 0.6 is 27.7 Å². The van der Waals surface area contributed by atoms with E-state index in [1.54, 1.807) is 0 Å². The average Bonchev–Trinajstić information content (AvgIpc) is 2.36. The summed E-state index contributed by atoms with van der Waals surface area (Å²) < 4.78 is 26.4. The van der Waals surface area contributed by atoms with Crippen LogP contribution in [-0.2, 0) is 0 Å². The first kappa shape index (κ1) is 13.2. The van der Waals surface area contributed by atoms with Gasteiger partial charge >= 0.3 is 0 Å². The zero-order chi connectivity index (χ0) is 13.1. The van der Waals surface area contributed by atoms with E-state index in [4.69, 9.17) is 5.84 Å². The number of halogens is 3. The minimum atomic E-state index is -0.901. The lowest BCUT2D eigenvalue weighted by Crippen LogP contribution is -2.09. The Bertz CT molecular complexity index is 582. The molecule has 0 radical (unpaired) electrons. The highest BCUT2D eigenvalue weighted by Crippen LogP contribution is 2.34. The first-order chi connectivity index (χ1) is 8.61. The molecule has 0 saturated carbocycles. The third-order valence-corrected chi connectivity index (χ3v) is 4.01. The molecule has 18 heavy (non-hydrogen) atoms. The molecule has 2 aromatic rings. The van der Waals surface area contributed by atoms with Crippen molar-refractivity contribution >= 4 is 33.5 Å². The predicted molar refractivity (Wildman–Crippen MR) is 68.0 cm³/mol. The Kier molecular flexibility index (Phi) is 4.10. The van der Waals surface area contributed by atoms with Gasteiger partial charge in [-0.25, -0.2) is 24.6 Å². The number of aromatic nitrogens is 2. The Labute approximate surface area is 114 Å². The molecule has 0 spiro atoms. The van der Waals surface area contributed by atoms with Crippen LogP contribution in [0.4, 0.5) is 14.6 Å². The monoisotopic (exact) mass is 332 g/mol. The second kappa shape index (κ2) is 5.59. The topological polar surface area (TPSA) is 63.8 Å². The van der Waals surface area contributed by atoms with E-state index in [0.29, 0.717) is 20.2 Å². The highest BCUT2D eigenvalue weighted by atomic mass is 79.9. The van der Waals surface area contributed by atoms with E-state index >= 15 is 0 Å². The summed E-state index contributed by atoms with van der Waals surface area (Å²) in [5.41, 5.74) is 2.40. The number of hydrazine groups is 1. The van der Waals surface area contributed by atoms with Crippen molar-refractivity contribution in [1.82, 2.24) is 9.97 Å². The SMILES string of the molecule is NNc1ncnc(Sc2ccc(F)c(F)c2)c1Br. The molecule has 0 aliphatic carbocycles. The molecule has 1 heterocycles. The van der Waals surface area contributed by atoms with Crippen molar-refractivity contribution in [3.05, 3.63) is 40.6 Å². The van der Waals surface area contributed by atoms with Gasteiger partial charge in [0.2, 0.25) is 0 Å². The number of nitrogens with one attached hydrogen (secondary N) is 1. The maximum absolute atomic E-state index is 13.1. The van der Waals surface area contributed by atoms with E-state index in [2.05, 4.69) is 31.3 Å². The van der Waals surface area contributed by atoms with Crippen molar-refractivity contribution < 1.29 is 8.78 Å². The van der Waals surface area contributed by atoms with Crippen molar-refractivity contribution in [2.24, 2.45) is 5.84 Å². The van der Waals surface area contributed by atoms with Crippen molar-refractivity contribution in [3.8, 4) is 0 Å². The van der Waals surface area contributed by atoms with Gasteiger partial charge in [0.05, 0.1) is 4.47 Å². The summed E-state index contributed by atoms with van der Waals surface area (Å²) >= 11 is 4.44. The highest BCUT2D eigenvalue weighted by molar-refractivity contribution is 9.10. The van der Waals surface area contributed by atoms with Gasteiger partial charge in [-0.15, -0.1) is 0 Å². The van der Waals surface area contributed by atoms with Crippen LogP contribution < -0.4 is 11.3 Å². The predicted octanol–water partition coefficient (Wildman–Crippen LogP) is 2.95. The van der Waals surface area contributed by atoms with Gasteiger partial charge in [0, 0.05) is 4.90 Å². The number of hydrogen-bond acceptors (Lipinski definition) is 5. The van der Waals surface area contributed by atoms with E-state index in [-0.39, 0.29) is 0 Å². The smallest absolute Gasteiger partial charge is 0.159 e. The molecule has 1 aromatic carbocycles. The molecule has 0 aliphatic heterocycles. The van der Waals surface area contributed by atoms with Crippen LogP contribution in [0.2, 0.25) is 0 Å². The first-order valence-electron chi connectivity index (χ1n) is 4.72. The molecular weight excluding hydrogens is 326 g/mol. The van der Waals surface area contributed by atoms with Gasteiger partial charge in [-0.2, -0.15) is 0 Å². The second-order valence-electron chi connectivity index (χ2n) is 3.16. The molecule has 0 aliphatic rings. The van der Waals surface area contributed by atoms with Crippen LogP contribution in [0.5, 0.6) is 0 Å². The molecule has 2 rings (SSSR count). The number of nitrogen functional groups attached to an aromatic ring is 1. The number of benzene rings is 1. The molecule has 4 nitrogen and oxygen atoms in total. The number of anilines is 1. The minimum Gasteiger partial charge on any atom is -0.307 e. The Morgan fingerprint density at radius 2 is 2.00 bits per heavy atom. The standard InChI is InChI=1S/C10H7BrF2N4S/c11-8-9(17-14)15-4-16-10(8)18-5-1-2-6(12)7(13)3-5/h1-4H,14H2,(H,15,16,17). The Morgan fingerprint density at radius 3 is 2.67 bits per heavy atom. The average molecular weight is 333 g/mol. The van der Waals surface area contributed by atoms with E-state index in [1.165, 1.54) is 24.2 Å². The van der Waals surface area contributed by atoms with Crippen LogP contribution in [-0.4, -0.2) is 9.97 Å². The number of nitrogens with zero attached hydrogens (tertiary/aromatic N) is 2. The van der Waals surface area contributed by atoms with Gasteiger partial charge in [-0.1, -0.05) is 11.8 Å². The fourth-order valence-corrected chi connectivity index (χ4v) is 2.55. The summed E-state index contributed by atoms with van der Waals surface area (Å²) in [6, 6.07) is 3.63. The lowest BCUT2D eigenvalue weighted by atomic mass is 10.3. The van der Waals surface area contributed by atoms with E-state index < -0.39 is 11.6 Å². The molecule has 1 aromatic heterocycles. The largest absolute Gasteiger partial charge is 0.307 e. The zero-order valence-electron chi connectivity index (χ0n) is 8.82. The lowest BCUT2D eigenvalue weighted by Gasteiger charge is -2.06. The maximum atomic E-state index is 13.1. The Hall–Kier alpha value is -1.25. The summed E-state index contributed by atoms with van der Waals surface area (Å²) in [4.78, 5) is 8.44. The van der Waals surface area contributed by atoms with Crippen LogP contribution in [0, 0.1) is 11.6 Å². The van der Waals surface area contributed by atoms with Crippen molar-refractivity contribution in [2.45, 2.75) is 9.92 Å². The maximum Gasteiger partial charge on any atom is 0.159 e. The van der Waals surface area contributed by atoms with Crippen molar-refractivity contribution in [2.75, 3.05) is 5.43 Å². The fourth-order valence-electron chi connectivity index (χ4n) is 1.18. The molecule has 0 unspecified atom stereocenters. The summed E-state index contributed by atoms with van der Waals surface area (Å²) in [5, 5.41) is 0.545. The third kappa shape index (κ3) is 2.77. The normalized spacial score (nSPS) is 10.4. The van der Waals surface area contributed by atoms with Gasteiger partial charge in [-0.3, -0.25) is 0 Å². The summed E-state index contributed by atoms with van der Waals surface area (Å²) in [6.45, 7) is 0. The Morgan fingerprint density at radius 1 is 1.22 bits per heavy atom. The summed E-state index contributed by atoms with van der Waals surface area (Å²) in [6.07, 6.45) is 1.32. The number of hydrogen-bond donors (Lipinski definition) is 2. The number of rotatable bonds is 3. The quantitative estimate of drug-likeness (QED) is 0.514. The van der Waals surface area contributed by atoms with Gasteiger partial charge < -0.3 is 5.43 Å².